The molecular weight excluding hydrogens is 313 g/mol. The molecule has 0 aliphatic heterocycles. The summed E-state index contributed by atoms with van der Waals surface area (Å²) in [5.74, 6) is -0.672. The second-order valence-electron chi connectivity index (χ2n) is 3.93. The molecule has 1 amide bonds. The summed E-state index contributed by atoms with van der Waals surface area (Å²) in [6.07, 6.45) is 0. The van der Waals surface area contributed by atoms with E-state index < -0.39 is 0 Å². The maximum Gasteiger partial charge on any atom is 0.255 e. The first-order valence-electron chi connectivity index (χ1n) is 5.56. The second kappa shape index (κ2) is 5.95. The van der Waals surface area contributed by atoms with E-state index in [0.717, 1.165) is 5.56 Å². The molecule has 0 saturated carbocycles. The van der Waals surface area contributed by atoms with Crippen molar-refractivity contribution < 1.29 is 14.3 Å². The van der Waals surface area contributed by atoms with Crippen LogP contribution in [0.5, 0.6) is 0 Å². The van der Waals surface area contributed by atoms with Gasteiger partial charge in [-0.1, -0.05) is 12.1 Å². The van der Waals surface area contributed by atoms with Gasteiger partial charge < -0.3 is 10.4 Å². The van der Waals surface area contributed by atoms with Crippen molar-refractivity contribution in [3.8, 4) is 0 Å². The van der Waals surface area contributed by atoms with Gasteiger partial charge in [0.05, 0.1) is 12.3 Å². The van der Waals surface area contributed by atoms with Gasteiger partial charge in [-0.25, -0.2) is 4.39 Å². The van der Waals surface area contributed by atoms with Gasteiger partial charge in [-0.3, -0.25) is 4.79 Å². The van der Waals surface area contributed by atoms with Crippen molar-refractivity contribution in [1.29, 1.82) is 0 Å². The molecule has 19 heavy (non-hydrogen) atoms. The minimum absolute atomic E-state index is 0.0641. The number of hydrogen-bond acceptors (Lipinski definition) is 2. The number of nitrogens with one attached hydrogen (secondary N) is 1. The van der Waals surface area contributed by atoms with Gasteiger partial charge >= 0.3 is 0 Å². The highest BCUT2D eigenvalue weighted by Crippen LogP contribution is 2.23. The molecule has 0 spiro atoms. The molecule has 0 aliphatic carbocycles. The molecule has 0 atom stereocenters. The van der Waals surface area contributed by atoms with Crippen LogP contribution in [0.3, 0.4) is 0 Å². The van der Waals surface area contributed by atoms with Gasteiger partial charge in [0.15, 0.2) is 0 Å². The quantitative estimate of drug-likeness (QED) is 0.910. The van der Waals surface area contributed by atoms with Gasteiger partial charge in [0.25, 0.3) is 5.91 Å². The predicted molar refractivity (Wildman–Crippen MR) is 74.4 cm³/mol. The summed E-state index contributed by atoms with van der Waals surface area (Å²) in [4.78, 5) is 12.0. The SMILES string of the molecule is O=C(Nc1ccc(F)cc1Br)c1ccc(CO)cc1. The average Bonchev–Trinajstić information content (AvgIpc) is 2.42. The topological polar surface area (TPSA) is 49.3 Å². The van der Waals surface area contributed by atoms with Crippen molar-refractivity contribution in [1.82, 2.24) is 0 Å². The van der Waals surface area contributed by atoms with Crippen LogP contribution in [0.25, 0.3) is 0 Å². The predicted octanol–water partition coefficient (Wildman–Crippen LogP) is 3.33. The van der Waals surface area contributed by atoms with Gasteiger partial charge in [0.2, 0.25) is 0 Å². The van der Waals surface area contributed by atoms with Crippen LogP contribution in [0.2, 0.25) is 0 Å². The number of rotatable bonds is 3. The number of anilines is 1. The van der Waals surface area contributed by atoms with E-state index in [-0.39, 0.29) is 18.3 Å². The average molecular weight is 324 g/mol. The Balaban J connectivity index is 2.15. The zero-order valence-corrected chi connectivity index (χ0v) is 11.4. The number of benzene rings is 2. The molecule has 0 aromatic heterocycles. The number of aliphatic hydroxyl groups excluding tert-OH is 1. The third-order valence-electron chi connectivity index (χ3n) is 2.58. The molecule has 2 aromatic rings. The van der Waals surface area contributed by atoms with Crippen LogP contribution in [0, 0.1) is 5.82 Å². The van der Waals surface area contributed by atoms with Crippen molar-refractivity contribution in [2.24, 2.45) is 0 Å². The molecule has 0 radical (unpaired) electrons. The fraction of sp³-hybridized carbons (Fsp3) is 0.0714. The lowest BCUT2D eigenvalue weighted by atomic mass is 10.1. The molecule has 0 saturated heterocycles. The summed E-state index contributed by atoms with van der Waals surface area (Å²) < 4.78 is 13.4. The Bertz CT molecular complexity index is 599. The number of halogens is 2. The zero-order chi connectivity index (χ0) is 13.8. The molecule has 0 fully saturated rings. The highest BCUT2D eigenvalue weighted by Gasteiger charge is 2.08. The number of amides is 1. The Morgan fingerprint density at radius 3 is 2.47 bits per heavy atom. The van der Waals surface area contributed by atoms with Crippen LogP contribution in [-0.4, -0.2) is 11.0 Å². The highest BCUT2D eigenvalue weighted by molar-refractivity contribution is 9.10. The number of aliphatic hydroxyl groups is 1. The Labute approximate surface area is 118 Å². The molecule has 2 aromatic carbocycles. The monoisotopic (exact) mass is 323 g/mol. The summed E-state index contributed by atoms with van der Waals surface area (Å²) in [6.45, 7) is -0.0641. The molecule has 0 heterocycles. The first-order chi connectivity index (χ1) is 9.10. The summed E-state index contributed by atoms with van der Waals surface area (Å²) in [5.41, 5.74) is 1.70. The van der Waals surface area contributed by atoms with E-state index in [1.807, 2.05) is 0 Å². The number of carbonyl (C=O) groups excluding carboxylic acids is 1. The van der Waals surface area contributed by atoms with Gasteiger partial charge in [-0.05, 0) is 51.8 Å². The third-order valence-corrected chi connectivity index (χ3v) is 3.23. The van der Waals surface area contributed by atoms with Crippen molar-refractivity contribution in [3.05, 3.63) is 63.9 Å². The maximum atomic E-state index is 12.9. The minimum atomic E-state index is -0.378. The van der Waals surface area contributed by atoms with E-state index in [1.165, 1.54) is 18.2 Å². The van der Waals surface area contributed by atoms with E-state index in [1.54, 1.807) is 24.3 Å². The molecular formula is C14H11BrFNO2. The Morgan fingerprint density at radius 2 is 1.89 bits per heavy atom. The summed E-state index contributed by atoms with van der Waals surface area (Å²) >= 11 is 3.18. The van der Waals surface area contributed by atoms with E-state index in [4.69, 9.17) is 5.11 Å². The molecule has 5 heteroatoms. The van der Waals surface area contributed by atoms with E-state index in [9.17, 15) is 9.18 Å². The van der Waals surface area contributed by atoms with Gasteiger partial charge in [0.1, 0.15) is 5.82 Å². The summed E-state index contributed by atoms with van der Waals surface area (Å²) in [6, 6.07) is 10.6. The van der Waals surface area contributed by atoms with Crippen molar-refractivity contribution in [2.45, 2.75) is 6.61 Å². The zero-order valence-electron chi connectivity index (χ0n) is 9.86. The third kappa shape index (κ3) is 3.39. The van der Waals surface area contributed by atoms with Crippen molar-refractivity contribution in [3.63, 3.8) is 0 Å². The minimum Gasteiger partial charge on any atom is -0.392 e. The largest absolute Gasteiger partial charge is 0.392 e. The lowest BCUT2D eigenvalue weighted by molar-refractivity contribution is 0.102. The lowest BCUT2D eigenvalue weighted by Gasteiger charge is -2.07. The molecule has 98 valence electrons. The number of carbonyl (C=O) groups is 1. The molecule has 0 aliphatic rings. The standard InChI is InChI=1S/C14H11BrFNO2/c15-12-7-11(16)5-6-13(12)17-14(19)10-3-1-9(8-18)2-4-10/h1-7,18H,8H2,(H,17,19). The Morgan fingerprint density at radius 1 is 1.21 bits per heavy atom. The summed E-state index contributed by atoms with van der Waals surface area (Å²) in [5, 5.41) is 11.6. The van der Waals surface area contributed by atoms with Crippen LogP contribution in [-0.2, 0) is 6.61 Å². The van der Waals surface area contributed by atoms with Gasteiger partial charge in [0, 0.05) is 10.0 Å². The molecule has 0 unspecified atom stereocenters. The first-order valence-corrected chi connectivity index (χ1v) is 6.35. The fourth-order valence-electron chi connectivity index (χ4n) is 1.55. The van der Waals surface area contributed by atoms with Gasteiger partial charge in [-0.2, -0.15) is 0 Å². The normalized spacial score (nSPS) is 10.3. The Kier molecular flexibility index (Phi) is 4.29. The first kappa shape index (κ1) is 13.7. The fourth-order valence-corrected chi connectivity index (χ4v) is 2.00. The second-order valence-corrected chi connectivity index (χ2v) is 4.79. The molecule has 3 nitrogen and oxygen atoms in total. The van der Waals surface area contributed by atoms with E-state index >= 15 is 0 Å². The van der Waals surface area contributed by atoms with E-state index in [0.29, 0.717) is 15.7 Å². The Hall–Kier alpha value is -1.72. The van der Waals surface area contributed by atoms with Crippen LogP contribution in [0.1, 0.15) is 15.9 Å². The molecule has 2 rings (SSSR count). The van der Waals surface area contributed by atoms with Crippen molar-refractivity contribution in [2.75, 3.05) is 5.32 Å². The van der Waals surface area contributed by atoms with Gasteiger partial charge in [-0.15, -0.1) is 0 Å². The van der Waals surface area contributed by atoms with Crippen LogP contribution in [0.4, 0.5) is 10.1 Å². The van der Waals surface area contributed by atoms with Crippen LogP contribution >= 0.6 is 15.9 Å². The van der Waals surface area contributed by atoms with Crippen LogP contribution < -0.4 is 5.32 Å². The number of hydrogen-bond donors (Lipinski definition) is 2. The summed E-state index contributed by atoms with van der Waals surface area (Å²) in [7, 11) is 0. The lowest BCUT2D eigenvalue weighted by Crippen LogP contribution is -2.12. The maximum absolute atomic E-state index is 12.9. The smallest absolute Gasteiger partial charge is 0.255 e. The highest BCUT2D eigenvalue weighted by atomic mass is 79.9. The molecule has 0 bridgehead atoms. The van der Waals surface area contributed by atoms with Crippen molar-refractivity contribution >= 4 is 27.5 Å². The van der Waals surface area contributed by atoms with Crippen LogP contribution in [0.15, 0.2) is 46.9 Å². The molecule has 2 N–H and O–H groups in total. The van der Waals surface area contributed by atoms with E-state index in [2.05, 4.69) is 21.2 Å².